The fourth-order valence-corrected chi connectivity index (χ4v) is 3.49. The van der Waals surface area contributed by atoms with Gasteiger partial charge in [-0.25, -0.2) is 5.43 Å². The van der Waals surface area contributed by atoms with Crippen molar-refractivity contribution in [2.45, 2.75) is 12.7 Å². The van der Waals surface area contributed by atoms with E-state index in [-0.39, 0.29) is 12.2 Å². The molecule has 0 unspecified atom stereocenters. The third kappa shape index (κ3) is 5.60. The molecule has 0 fully saturated rings. The van der Waals surface area contributed by atoms with E-state index in [1.807, 2.05) is 48.7 Å². The zero-order valence-corrected chi connectivity index (χ0v) is 17.5. The van der Waals surface area contributed by atoms with Gasteiger partial charge in [0, 0.05) is 34.9 Å². The van der Waals surface area contributed by atoms with Crippen LogP contribution < -0.4 is 10.7 Å². The SMILES string of the molecule is O=C(CNc1cccc(C(F)(F)F)c1)N/N=C\c1cn(Cc2ccccc2)c2ccccc12. The Hall–Kier alpha value is -4.07. The number of nitrogens with one attached hydrogen (secondary N) is 2. The first-order valence-corrected chi connectivity index (χ1v) is 10.2. The van der Waals surface area contributed by atoms with Crippen molar-refractivity contribution in [3.05, 3.63) is 102 Å². The summed E-state index contributed by atoms with van der Waals surface area (Å²) in [5.41, 5.74) is 4.87. The summed E-state index contributed by atoms with van der Waals surface area (Å²) in [6.07, 6.45) is -0.913. The van der Waals surface area contributed by atoms with E-state index in [9.17, 15) is 18.0 Å². The Balaban J connectivity index is 1.40. The standard InChI is InChI=1S/C25H21F3N4O/c26-25(27,28)20-9-6-10-21(13-20)29-15-24(33)31-30-14-19-17-32(16-18-7-2-1-3-8-18)23-12-5-4-11-22(19)23/h1-14,17,29H,15-16H2,(H,31,33)/b30-14-. The molecule has 1 aromatic heterocycles. The Labute approximate surface area is 188 Å². The van der Waals surface area contributed by atoms with Crippen LogP contribution in [0, 0.1) is 0 Å². The number of amides is 1. The summed E-state index contributed by atoms with van der Waals surface area (Å²) in [6, 6.07) is 22.7. The number of carbonyl (C=O) groups is 1. The van der Waals surface area contributed by atoms with Crippen LogP contribution in [0.4, 0.5) is 18.9 Å². The number of alkyl halides is 3. The molecule has 0 aliphatic heterocycles. The molecule has 0 bridgehead atoms. The highest BCUT2D eigenvalue weighted by Gasteiger charge is 2.30. The molecule has 5 nitrogen and oxygen atoms in total. The third-order valence-electron chi connectivity index (χ3n) is 5.05. The number of hydrogen-bond donors (Lipinski definition) is 2. The lowest BCUT2D eigenvalue weighted by atomic mass is 10.2. The van der Waals surface area contributed by atoms with Gasteiger partial charge in [0.25, 0.3) is 5.91 Å². The van der Waals surface area contributed by atoms with Crippen LogP contribution in [0.15, 0.2) is 90.2 Å². The summed E-state index contributed by atoms with van der Waals surface area (Å²) < 4.78 is 40.5. The fourth-order valence-electron chi connectivity index (χ4n) is 3.49. The minimum atomic E-state index is -4.44. The number of carbonyl (C=O) groups excluding carboxylic acids is 1. The van der Waals surface area contributed by atoms with Crippen molar-refractivity contribution in [3.63, 3.8) is 0 Å². The number of benzene rings is 3. The van der Waals surface area contributed by atoms with Gasteiger partial charge < -0.3 is 9.88 Å². The van der Waals surface area contributed by atoms with E-state index in [2.05, 4.69) is 32.5 Å². The van der Waals surface area contributed by atoms with Crippen LogP contribution in [-0.4, -0.2) is 23.2 Å². The number of fused-ring (bicyclic) bond motifs is 1. The van der Waals surface area contributed by atoms with Crippen molar-refractivity contribution in [2.24, 2.45) is 5.10 Å². The molecule has 0 spiro atoms. The first-order valence-electron chi connectivity index (χ1n) is 10.2. The number of hydrazone groups is 1. The van der Waals surface area contributed by atoms with Crippen molar-refractivity contribution in [1.29, 1.82) is 0 Å². The van der Waals surface area contributed by atoms with Crippen LogP contribution in [0.2, 0.25) is 0 Å². The molecule has 1 heterocycles. The van der Waals surface area contributed by atoms with Crippen molar-refractivity contribution >= 4 is 28.7 Å². The Morgan fingerprint density at radius 3 is 2.52 bits per heavy atom. The third-order valence-corrected chi connectivity index (χ3v) is 5.05. The van der Waals surface area contributed by atoms with Gasteiger partial charge in [0.15, 0.2) is 0 Å². The normalized spacial score (nSPS) is 11.7. The van der Waals surface area contributed by atoms with Crippen LogP contribution in [0.3, 0.4) is 0 Å². The molecule has 33 heavy (non-hydrogen) atoms. The lowest BCUT2D eigenvalue weighted by molar-refractivity contribution is -0.137. The van der Waals surface area contributed by atoms with Crippen LogP contribution >= 0.6 is 0 Å². The van der Waals surface area contributed by atoms with Crippen molar-refractivity contribution in [2.75, 3.05) is 11.9 Å². The molecule has 4 aromatic rings. The van der Waals surface area contributed by atoms with E-state index in [4.69, 9.17) is 0 Å². The topological polar surface area (TPSA) is 58.4 Å². The molecule has 8 heteroatoms. The van der Waals surface area contributed by atoms with Gasteiger partial charge >= 0.3 is 6.18 Å². The maximum Gasteiger partial charge on any atom is 0.416 e. The first-order chi connectivity index (χ1) is 15.9. The number of halogens is 3. The predicted molar refractivity (Wildman–Crippen MR) is 123 cm³/mol. The molecule has 1 amide bonds. The van der Waals surface area contributed by atoms with Crippen LogP contribution in [0.25, 0.3) is 10.9 Å². The largest absolute Gasteiger partial charge is 0.416 e. The molecule has 168 valence electrons. The Morgan fingerprint density at radius 1 is 0.970 bits per heavy atom. The Bertz CT molecular complexity index is 1280. The number of aromatic nitrogens is 1. The van der Waals surface area contributed by atoms with Gasteiger partial charge in [0.2, 0.25) is 0 Å². The van der Waals surface area contributed by atoms with Gasteiger partial charge in [0.05, 0.1) is 18.3 Å². The molecule has 0 aliphatic carbocycles. The summed E-state index contributed by atoms with van der Waals surface area (Å²) in [5.74, 6) is -0.475. The van der Waals surface area contributed by atoms with E-state index < -0.39 is 17.6 Å². The van der Waals surface area contributed by atoms with Crippen molar-refractivity contribution in [3.8, 4) is 0 Å². The maximum absolute atomic E-state index is 12.8. The summed E-state index contributed by atoms with van der Waals surface area (Å²) in [7, 11) is 0. The predicted octanol–water partition coefficient (Wildman–Crippen LogP) is 5.27. The molecular formula is C25H21F3N4O. The first kappa shape index (κ1) is 22.1. The highest BCUT2D eigenvalue weighted by atomic mass is 19.4. The van der Waals surface area contributed by atoms with Gasteiger partial charge in [-0.3, -0.25) is 4.79 Å². The van der Waals surface area contributed by atoms with E-state index in [1.54, 1.807) is 6.21 Å². The average molecular weight is 450 g/mol. The van der Waals surface area contributed by atoms with Crippen molar-refractivity contribution < 1.29 is 18.0 Å². The molecule has 4 rings (SSSR count). The van der Waals surface area contributed by atoms with Gasteiger partial charge in [-0.2, -0.15) is 18.3 Å². The van der Waals surface area contributed by atoms with E-state index in [0.29, 0.717) is 6.54 Å². The second kappa shape index (κ2) is 9.60. The minimum Gasteiger partial charge on any atom is -0.376 e. The van der Waals surface area contributed by atoms with Gasteiger partial charge in [-0.1, -0.05) is 54.6 Å². The number of anilines is 1. The van der Waals surface area contributed by atoms with Crippen LogP contribution in [0.5, 0.6) is 0 Å². The molecular weight excluding hydrogens is 429 g/mol. The number of rotatable bonds is 7. The van der Waals surface area contributed by atoms with E-state index in [1.165, 1.54) is 12.1 Å². The monoisotopic (exact) mass is 450 g/mol. The smallest absolute Gasteiger partial charge is 0.376 e. The van der Waals surface area contributed by atoms with E-state index in [0.717, 1.165) is 34.2 Å². The van der Waals surface area contributed by atoms with Gasteiger partial charge in [-0.05, 0) is 29.8 Å². The zero-order chi connectivity index (χ0) is 23.3. The molecule has 0 aliphatic rings. The second-order valence-corrected chi connectivity index (χ2v) is 7.44. The average Bonchev–Trinajstić information content (AvgIpc) is 3.15. The molecule has 0 atom stereocenters. The Kier molecular flexibility index (Phi) is 6.44. The van der Waals surface area contributed by atoms with Crippen LogP contribution in [0.1, 0.15) is 16.7 Å². The lowest BCUT2D eigenvalue weighted by Gasteiger charge is -2.09. The van der Waals surface area contributed by atoms with E-state index >= 15 is 0 Å². The number of para-hydroxylation sites is 1. The molecule has 2 N–H and O–H groups in total. The van der Waals surface area contributed by atoms with Gasteiger partial charge in [-0.15, -0.1) is 0 Å². The quantitative estimate of drug-likeness (QED) is 0.298. The summed E-state index contributed by atoms with van der Waals surface area (Å²) in [5, 5.41) is 7.69. The van der Waals surface area contributed by atoms with Gasteiger partial charge in [0.1, 0.15) is 0 Å². The Morgan fingerprint density at radius 2 is 1.73 bits per heavy atom. The summed E-state index contributed by atoms with van der Waals surface area (Å²) in [4.78, 5) is 12.1. The second-order valence-electron chi connectivity index (χ2n) is 7.44. The van der Waals surface area contributed by atoms with Crippen LogP contribution in [-0.2, 0) is 17.5 Å². The number of hydrogen-bond acceptors (Lipinski definition) is 3. The number of nitrogens with zero attached hydrogens (tertiary/aromatic N) is 2. The molecule has 0 saturated heterocycles. The molecule has 0 radical (unpaired) electrons. The van der Waals surface area contributed by atoms with Crippen molar-refractivity contribution in [1.82, 2.24) is 9.99 Å². The minimum absolute atomic E-state index is 0.202. The fraction of sp³-hybridized carbons (Fsp3) is 0.120. The highest BCUT2D eigenvalue weighted by Crippen LogP contribution is 2.30. The maximum atomic E-state index is 12.8. The summed E-state index contributed by atoms with van der Waals surface area (Å²) >= 11 is 0. The zero-order valence-electron chi connectivity index (χ0n) is 17.5. The summed E-state index contributed by atoms with van der Waals surface area (Å²) in [6.45, 7) is 0.483. The highest BCUT2D eigenvalue weighted by molar-refractivity contribution is 5.99. The molecule has 3 aromatic carbocycles. The molecule has 0 saturated carbocycles. The lowest BCUT2D eigenvalue weighted by Crippen LogP contribution is -2.26.